The van der Waals surface area contributed by atoms with Crippen LogP contribution in [0, 0.1) is 0 Å². The molecule has 3 rings (SSSR count). The highest BCUT2D eigenvalue weighted by molar-refractivity contribution is 7.98. The quantitative estimate of drug-likeness (QED) is 0.427. The molecule has 0 N–H and O–H groups in total. The van der Waals surface area contributed by atoms with E-state index >= 15 is 0 Å². The number of carbonyl (C=O) groups is 1. The van der Waals surface area contributed by atoms with Crippen LogP contribution in [0.4, 0.5) is 0 Å². The highest BCUT2D eigenvalue weighted by Gasteiger charge is 2.15. The van der Waals surface area contributed by atoms with E-state index < -0.39 is 9.84 Å². The number of ether oxygens (including phenoxy) is 2. The minimum absolute atomic E-state index is 0.0650. The minimum atomic E-state index is -3.47. The summed E-state index contributed by atoms with van der Waals surface area (Å²) >= 11 is 3.15. The SMILES string of the molecule is COc1ccc(S(=O)(=O)CCCC(=O)N=c2sc3cc(OC)ccc3n2CCSC)cc1. The standard InChI is InChI=1S/C22H26N2O5S3/c1-28-16-6-9-18(10-7-16)32(26,27)14-4-5-21(25)23-22-24(12-13-30-3)19-11-8-17(29-2)15-20(19)31-22/h6-11,15H,4-5,12-14H2,1-3H3. The molecule has 0 aliphatic rings. The van der Waals surface area contributed by atoms with E-state index in [0.717, 1.165) is 28.3 Å². The van der Waals surface area contributed by atoms with E-state index in [2.05, 4.69) is 4.99 Å². The predicted octanol–water partition coefficient (Wildman–Crippen LogP) is 3.76. The summed E-state index contributed by atoms with van der Waals surface area (Å²) in [4.78, 5) is 17.7. The summed E-state index contributed by atoms with van der Waals surface area (Å²) in [7, 11) is -0.330. The molecule has 32 heavy (non-hydrogen) atoms. The van der Waals surface area contributed by atoms with Gasteiger partial charge in [-0.05, 0) is 55.1 Å². The van der Waals surface area contributed by atoms with Gasteiger partial charge in [-0.3, -0.25) is 4.79 Å². The lowest BCUT2D eigenvalue weighted by molar-refractivity contribution is -0.118. The summed E-state index contributed by atoms with van der Waals surface area (Å²) in [5.74, 6) is 1.79. The highest BCUT2D eigenvalue weighted by atomic mass is 32.2. The van der Waals surface area contributed by atoms with Gasteiger partial charge in [-0.15, -0.1) is 0 Å². The Morgan fingerprint density at radius 1 is 1.09 bits per heavy atom. The maximum Gasteiger partial charge on any atom is 0.248 e. The number of fused-ring (bicyclic) bond motifs is 1. The lowest BCUT2D eigenvalue weighted by Gasteiger charge is -2.05. The fraction of sp³-hybridized carbons (Fsp3) is 0.364. The lowest BCUT2D eigenvalue weighted by Crippen LogP contribution is -2.18. The molecule has 0 bridgehead atoms. The number of aryl methyl sites for hydroxylation is 1. The van der Waals surface area contributed by atoms with E-state index in [0.29, 0.717) is 10.6 Å². The Labute approximate surface area is 196 Å². The number of hydrogen-bond donors (Lipinski definition) is 0. The van der Waals surface area contributed by atoms with Crippen LogP contribution in [0.15, 0.2) is 52.4 Å². The summed E-state index contributed by atoms with van der Waals surface area (Å²) in [5.41, 5.74) is 0.999. The van der Waals surface area contributed by atoms with Gasteiger partial charge in [-0.2, -0.15) is 16.8 Å². The van der Waals surface area contributed by atoms with Gasteiger partial charge in [0.2, 0.25) is 5.91 Å². The largest absolute Gasteiger partial charge is 0.497 e. The number of nitrogens with zero attached hydrogens (tertiary/aromatic N) is 2. The van der Waals surface area contributed by atoms with Crippen molar-refractivity contribution in [3.05, 3.63) is 47.3 Å². The monoisotopic (exact) mass is 494 g/mol. The molecule has 0 aliphatic carbocycles. The van der Waals surface area contributed by atoms with Gasteiger partial charge < -0.3 is 14.0 Å². The van der Waals surface area contributed by atoms with Gasteiger partial charge in [0.05, 0.1) is 35.1 Å². The number of amides is 1. The molecule has 3 aromatic rings. The first-order valence-corrected chi connectivity index (χ1v) is 13.8. The third-order valence-corrected chi connectivity index (χ3v) is 8.30. The molecule has 172 valence electrons. The van der Waals surface area contributed by atoms with Crippen LogP contribution in [0.3, 0.4) is 0 Å². The molecule has 0 atom stereocenters. The molecule has 0 spiro atoms. The topological polar surface area (TPSA) is 87.0 Å². The van der Waals surface area contributed by atoms with Gasteiger partial charge in [0.1, 0.15) is 11.5 Å². The first kappa shape index (κ1) is 24.3. The van der Waals surface area contributed by atoms with Crippen LogP contribution in [-0.2, 0) is 21.2 Å². The minimum Gasteiger partial charge on any atom is -0.497 e. The summed E-state index contributed by atoms with van der Waals surface area (Å²) in [6.45, 7) is 0.728. The van der Waals surface area contributed by atoms with Gasteiger partial charge in [-0.25, -0.2) is 8.42 Å². The Morgan fingerprint density at radius 3 is 2.44 bits per heavy atom. The molecular formula is C22H26N2O5S3. The zero-order valence-electron chi connectivity index (χ0n) is 18.2. The van der Waals surface area contributed by atoms with Crippen LogP contribution in [0.2, 0.25) is 0 Å². The van der Waals surface area contributed by atoms with Crippen LogP contribution in [-0.4, -0.2) is 50.9 Å². The number of hydrogen-bond acceptors (Lipinski definition) is 7. The average Bonchev–Trinajstić information content (AvgIpc) is 3.13. The Balaban J connectivity index is 1.74. The van der Waals surface area contributed by atoms with Crippen molar-refractivity contribution in [2.75, 3.05) is 32.0 Å². The molecule has 2 aromatic carbocycles. The summed E-state index contributed by atoms with van der Waals surface area (Å²) in [6, 6.07) is 12.0. The molecule has 1 heterocycles. The predicted molar refractivity (Wildman–Crippen MR) is 130 cm³/mol. The number of thiazole rings is 1. The Kier molecular flexibility index (Phi) is 8.38. The normalized spacial score (nSPS) is 12.3. The zero-order valence-corrected chi connectivity index (χ0v) is 20.7. The first-order chi connectivity index (χ1) is 15.4. The number of sulfone groups is 1. The number of methoxy groups -OCH3 is 2. The molecule has 0 radical (unpaired) electrons. The van der Waals surface area contributed by atoms with Crippen LogP contribution in [0.25, 0.3) is 10.2 Å². The third kappa shape index (κ3) is 5.93. The molecule has 0 fully saturated rings. The summed E-state index contributed by atoms with van der Waals surface area (Å²) in [6.07, 6.45) is 2.30. The lowest BCUT2D eigenvalue weighted by atomic mass is 10.3. The van der Waals surface area contributed by atoms with Crippen LogP contribution in [0.5, 0.6) is 11.5 Å². The third-order valence-electron chi connectivity index (χ3n) is 4.85. The van der Waals surface area contributed by atoms with Gasteiger partial charge >= 0.3 is 0 Å². The number of carbonyl (C=O) groups excluding carboxylic acids is 1. The maximum absolute atomic E-state index is 12.5. The summed E-state index contributed by atoms with van der Waals surface area (Å²) < 4.78 is 38.4. The van der Waals surface area contributed by atoms with Crippen molar-refractivity contribution in [3.63, 3.8) is 0 Å². The van der Waals surface area contributed by atoms with Crippen molar-refractivity contribution >= 4 is 49.1 Å². The molecule has 0 saturated heterocycles. The number of thioether (sulfide) groups is 1. The second-order valence-corrected chi connectivity index (χ2v) is 11.1. The van der Waals surface area contributed by atoms with E-state index in [1.54, 1.807) is 31.0 Å². The van der Waals surface area contributed by atoms with Gasteiger partial charge in [0.25, 0.3) is 0 Å². The van der Waals surface area contributed by atoms with E-state index in [-0.39, 0.29) is 29.4 Å². The van der Waals surface area contributed by atoms with Crippen LogP contribution in [0.1, 0.15) is 12.8 Å². The smallest absolute Gasteiger partial charge is 0.248 e. The van der Waals surface area contributed by atoms with E-state index in [1.807, 2.05) is 29.0 Å². The second-order valence-electron chi connectivity index (χ2n) is 6.97. The van der Waals surface area contributed by atoms with Crippen molar-refractivity contribution in [1.82, 2.24) is 4.57 Å². The van der Waals surface area contributed by atoms with Gasteiger partial charge in [-0.1, -0.05) is 11.3 Å². The van der Waals surface area contributed by atoms with Crippen molar-refractivity contribution in [1.29, 1.82) is 0 Å². The highest BCUT2D eigenvalue weighted by Crippen LogP contribution is 2.23. The van der Waals surface area contributed by atoms with E-state index in [9.17, 15) is 13.2 Å². The molecule has 1 amide bonds. The van der Waals surface area contributed by atoms with Crippen LogP contribution < -0.4 is 14.3 Å². The summed E-state index contributed by atoms with van der Waals surface area (Å²) in [5, 5.41) is 0. The molecule has 0 unspecified atom stereocenters. The second kappa shape index (κ2) is 11.0. The average molecular weight is 495 g/mol. The number of rotatable bonds is 10. The fourth-order valence-electron chi connectivity index (χ4n) is 3.14. The van der Waals surface area contributed by atoms with Gasteiger partial charge in [0, 0.05) is 18.7 Å². The Hall–Kier alpha value is -2.30. The number of benzene rings is 2. The Bertz CT molecular complexity index is 1240. The molecule has 10 heteroatoms. The van der Waals surface area contributed by atoms with Crippen molar-refractivity contribution in [3.8, 4) is 11.5 Å². The zero-order chi connectivity index (χ0) is 23.1. The van der Waals surface area contributed by atoms with Crippen molar-refractivity contribution < 1.29 is 22.7 Å². The molecule has 1 aromatic heterocycles. The van der Waals surface area contributed by atoms with Crippen LogP contribution >= 0.6 is 23.1 Å². The van der Waals surface area contributed by atoms with Gasteiger partial charge in [0.15, 0.2) is 14.6 Å². The van der Waals surface area contributed by atoms with E-state index in [1.165, 1.54) is 30.6 Å². The van der Waals surface area contributed by atoms with E-state index in [4.69, 9.17) is 9.47 Å². The maximum atomic E-state index is 12.5. The molecule has 7 nitrogen and oxygen atoms in total. The molecular weight excluding hydrogens is 468 g/mol. The molecule has 0 aliphatic heterocycles. The molecule has 0 saturated carbocycles. The van der Waals surface area contributed by atoms with Crippen molar-refractivity contribution in [2.24, 2.45) is 4.99 Å². The first-order valence-electron chi connectivity index (χ1n) is 9.98. The Morgan fingerprint density at radius 2 is 1.78 bits per heavy atom. The number of aromatic nitrogens is 1. The van der Waals surface area contributed by atoms with Crippen molar-refractivity contribution in [2.45, 2.75) is 24.3 Å². The fourth-order valence-corrected chi connectivity index (χ4v) is 5.92.